The van der Waals surface area contributed by atoms with Crippen molar-refractivity contribution in [1.82, 2.24) is 4.90 Å². The Balaban J connectivity index is 1.40. The van der Waals surface area contributed by atoms with Gasteiger partial charge in [-0.15, -0.1) is 0 Å². The van der Waals surface area contributed by atoms with Crippen molar-refractivity contribution in [2.24, 2.45) is 5.92 Å². The first kappa shape index (κ1) is 24.8. The lowest BCUT2D eigenvalue weighted by Crippen LogP contribution is -2.47. The van der Waals surface area contributed by atoms with Crippen molar-refractivity contribution in [3.05, 3.63) is 53.6 Å². The Bertz CT molecular complexity index is 1200. The zero-order valence-electron chi connectivity index (χ0n) is 20.8. The molecule has 2 aromatic rings. The minimum Gasteiger partial charge on any atom is -0.462 e. The second-order valence-electron chi connectivity index (χ2n) is 9.54. The number of ether oxygens (including phenoxy) is 3. The minimum absolute atomic E-state index is 0.0944. The van der Waals surface area contributed by atoms with Gasteiger partial charge in [-0.3, -0.25) is 14.4 Å². The fraction of sp³-hybridized carbons (Fsp3) is 0.429. The van der Waals surface area contributed by atoms with E-state index in [1.165, 1.54) is 12.1 Å². The third-order valence-electron chi connectivity index (χ3n) is 7.16. The van der Waals surface area contributed by atoms with Gasteiger partial charge in [0.15, 0.2) is 11.5 Å². The number of imide groups is 1. The fourth-order valence-electron chi connectivity index (χ4n) is 5.25. The number of carbonyl (C=O) groups is 4. The number of benzene rings is 2. The van der Waals surface area contributed by atoms with Crippen molar-refractivity contribution in [3.63, 3.8) is 0 Å². The van der Waals surface area contributed by atoms with Crippen LogP contribution in [0.2, 0.25) is 0 Å². The van der Waals surface area contributed by atoms with E-state index in [1.807, 2.05) is 12.1 Å². The van der Waals surface area contributed by atoms with Crippen LogP contribution in [0.5, 0.6) is 11.5 Å². The van der Waals surface area contributed by atoms with Crippen LogP contribution < -0.4 is 14.4 Å². The highest BCUT2D eigenvalue weighted by Crippen LogP contribution is 2.35. The summed E-state index contributed by atoms with van der Waals surface area (Å²) in [4.78, 5) is 55.1. The number of hydrogen-bond acceptors (Lipinski definition) is 7. The van der Waals surface area contributed by atoms with Gasteiger partial charge >= 0.3 is 5.97 Å². The summed E-state index contributed by atoms with van der Waals surface area (Å²) in [6.45, 7) is 2.30. The molecule has 1 saturated carbocycles. The molecule has 0 bridgehead atoms. The Morgan fingerprint density at radius 2 is 1.73 bits per heavy atom. The highest BCUT2D eigenvalue weighted by molar-refractivity contribution is 6.23. The molecule has 1 atom stereocenters. The molecule has 0 spiro atoms. The van der Waals surface area contributed by atoms with Crippen LogP contribution in [0.15, 0.2) is 42.5 Å². The molecule has 0 N–H and O–H groups in total. The number of nitrogens with zero attached hydrogens (tertiary/aromatic N) is 2. The summed E-state index contributed by atoms with van der Waals surface area (Å²) in [7, 11) is 0. The summed E-state index contributed by atoms with van der Waals surface area (Å²) in [5.74, 6) is -0.325. The highest BCUT2D eigenvalue weighted by atomic mass is 16.7. The van der Waals surface area contributed by atoms with Gasteiger partial charge in [0.05, 0.1) is 24.3 Å². The smallest absolute Gasteiger partial charge is 0.338 e. The van der Waals surface area contributed by atoms with Crippen LogP contribution in [0, 0.1) is 5.92 Å². The summed E-state index contributed by atoms with van der Waals surface area (Å²) in [5, 5.41) is 0. The quantitative estimate of drug-likeness (QED) is 0.415. The lowest BCUT2D eigenvalue weighted by atomic mass is 9.87. The van der Waals surface area contributed by atoms with Crippen LogP contribution in [0.25, 0.3) is 0 Å². The van der Waals surface area contributed by atoms with E-state index in [9.17, 15) is 19.2 Å². The second-order valence-corrected chi connectivity index (χ2v) is 9.54. The van der Waals surface area contributed by atoms with Crippen LogP contribution in [0.1, 0.15) is 61.4 Å². The summed E-state index contributed by atoms with van der Waals surface area (Å²) < 4.78 is 15.9. The van der Waals surface area contributed by atoms with E-state index in [0.717, 1.165) is 42.6 Å². The molecule has 9 nitrogen and oxygen atoms in total. The van der Waals surface area contributed by atoms with E-state index in [-0.39, 0.29) is 44.1 Å². The number of carbonyl (C=O) groups excluding carboxylic acids is 4. The van der Waals surface area contributed by atoms with E-state index in [4.69, 9.17) is 14.2 Å². The van der Waals surface area contributed by atoms with Crippen molar-refractivity contribution in [3.8, 4) is 11.5 Å². The molecule has 3 amide bonds. The van der Waals surface area contributed by atoms with Crippen LogP contribution in [-0.4, -0.2) is 48.0 Å². The molecule has 0 aromatic heterocycles. The Morgan fingerprint density at radius 1 is 1.00 bits per heavy atom. The predicted molar refractivity (Wildman–Crippen MR) is 133 cm³/mol. The molecule has 1 unspecified atom stereocenters. The van der Waals surface area contributed by atoms with Crippen LogP contribution in [0.4, 0.5) is 5.69 Å². The SMILES string of the molecule is CCOC(=O)c1ccc(N2C(=O)CC(N(Cc3ccc4c(c3)OCO4)C(=O)C3CCCCC3)C2=O)cc1. The molecular weight excluding hydrogens is 476 g/mol. The van der Waals surface area contributed by atoms with Crippen molar-refractivity contribution in [2.45, 2.75) is 58.0 Å². The van der Waals surface area contributed by atoms with Crippen molar-refractivity contribution < 1.29 is 33.4 Å². The van der Waals surface area contributed by atoms with Gasteiger partial charge < -0.3 is 19.1 Å². The number of anilines is 1. The molecule has 1 saturated heterocycles. The largest absolute Gasteiger partial charge is 0.462 e. The maximum atomic E-state index is 13.7. The number of amides is 3. The number of esters is 1. The van der Waals surface area contributed by atoms with Gasteiger partial charge in [-0.05, 0) is 61.7 Å². The standard InChI is InChI=1S/C28H30N2O7/c1-2-35-28(34)20-9-11-21(12-10-20)30-25(31)15-22(27(30)33)29(26(32)19-6-4-3-5-7-19)16-18-8-13-23-24(14-18)37-17-36-23/h8-14,19,22H,2-7,15-17H2,1H3. The van der Waals surface area contributed by atoms with E-state index < -0.39 is 17.9 Å². The molecule has 1 aliphatic carbocycles. The van der Waals surface area contributed by atoms with E-state index in [2.05, 4.69) is 0 Å². The molecule has 5 rings (SSSR count). The number of hydrogen-bond donors (Lipinski definition) is 0. The van der Waals surface area contributed by atoms with Gasteiger partial charge in [0.25, 0.3) is 5.91 Å². The first-order valence-electron chi connectivity index (χ1n) is 12.8. The maximum Gasteiger partial charge on any atom is 0.338 e. The van der Waals surface area contributed by atoms with Crippen LogP contribution in [0.3, 0.4) is 0 Å². The minimum atomic E-state index is -0.905. The summed E-state index contributed by atoms with van der Waals surface area (Å²) in [6, 6.07) is 10.7. The predicted octanol–water partition coefficient (Wildman–Crippen LogP) is 3.83. The molecule has 2 aliphatic heterocycles. The Hall–Kier alpha value is -3.88. The molecule has 2 fully saturated rings. The molecule has 2 heterocycles. The first-order valence-corrected chi connectivity index (χ1v) is 12.8. The van der Waals surface area contributed by atoms with Gasteiger partial charge in [0.2, 0.25) is 18.6 Å². The van der Waals surface area contributed by atoms with Gasteiger partial charge in [0, 0.05) is 12.5 Å². The van der Waals surface area contributed by atoms with Gasteiger partial charge in [-0.25, -0.2) is 9.69 Å². The normalized spacial score (nSPS) is 19.3. The van der Waals surface area contributed by atoms with E-state index in [0.29, 0.717) is 22.7 Å². The number of rotatable bonds is 7. The summed E-state index contributed by atoms with van der Waals surface area (Å²) in [5.41, 5.74) is 1.49. The van der Waals surface area contributed by atoms with Crippen molar-refractivity contribution in [1.29, 1.82) is 0 Å². The molecule has 37 heavy (non-hydrogen) atoms. The van der Waals surface area contributed by atoms with Gasteiger partial charge in [0.1, 0.15) is 6.04 Å². The molecule has 2 aromatic carbocycles. The van der Waals surface area contributed by atoms with Crippen LogP contribution in [-0.2, 0) is 25.7 Å². The third-order valence-corrected chi connectivity index (χ3v) is 7.16. The maximum absolute atomic E-state index is 13.7. The van der Waals surface area contributed by atoms with Gasteiger partial charge in [-0.1, -0.05) is 25.3 Å². The molecule has 0 radical (unpaired) electrons. The number of fused-ring (bicyclic) bond motifs is 1. The lowest BCUT2D eigenvalue weighted by molar-refractivity contribution is -0.143. The molecular formula is C28H30N2O7. The monoisotopic (exact) mass is 506 g/mol. The van der Waals surface area contributed by atoms with Crippen molar-refractivity contribution in [2.75, 3.05) is 18.3 Å². The highest BCUT2D eigenvalue weighted by Gasteiger charge is 2.45. The molecule has 3 aliphatic rings. The molecule has 9 heteroatoms. The third kappa shape index (κ3) is 5.03. The van der Waals surface area contributed by atoms with Crippen LogP contribution >= 0.6 is 0 Å². The summed E-state index contributed by atoms with van der Waals surface area (Å²) in [6.07, 6.45) is 4.52. The zero-order valence-corrected chi connectivity index (χ0v) is 20.8. The average molecular weight is 507 g/mol. The zero-order chi connectivity index (χ0) is 25.9. The van der Waals surface area contributed by atoms with E-state index in [1.54, 1.807) is 30.0 Å². The second kappa shape index (κ2) is 10.6. The topological polar surface area (TPSA) is 102 Å². The Kier molecular flexibility index (Phi) is 7.12. The average Bonchev–Trinajstić information content (AvgIpc) is 3.50. The Morgan fingerprint density at radius 3 is 2.46 bits per heavy atom. The van der Waals surface area contributed by atoms with E-state index >= 15 is 0 Å². The van der Waals surface area contributed by atoms with Crippen molar-refractivity contribution >= 4 is 29.4 Å². The Labute approximate surface area is 215 Å². The van der Waals surface area contributed by atoms with Gasteiger partial charge in [-0.2, -0.15) is 0 Å². The summed E-state index contributed by atoms with van der Waals surface area (Å²) >= 11 is 0. The fourth-order valence-corrected chi connectivity index (χ4v) is 5.25. The first-order chi connectivity index (χ1) is 18.0. The lowest BCUT2D eigenvalue weighted by Gasteiger charge is -2.32. The molecule has 194 valence electrons.